The first kappa shape index (κ1) is 15.0. The molecule has 112 valence electrons. The van der Waals surface area contributed by atoms with Gasteiger partial charge in [0.15, 0.2) is 5.69 Å². The molecule has 0 atom stereocenters. The number of carbonyl (C=O) groups excluding carboxylic acids is 1. The number of hydrogen-bond donors (Lipinski definition) is 2. The Labute approximate surface area is 125 Å². The van der Waals surface area contributed by atoms with Gasteiger partial charge in [0.25, 0.3) is 0 Å². The van der Waals surface area contributed by atoms with Gasteiger partial charge in [0.05, 0.1) is 12.7 Å². The van der Waals surface area contributed by atoms with E-state index in [4.69, 9.17) is 5.11 Å². The first-order valence-corrected chi connectivity index (χ1v) is 7.14. The fourth-order valence-corrected chi connectivity index (χ4v) is 2.31. The Morgan fingerprint density at radius 1 is 1.52 bits per heavy atom. The molecule has 2 N–H and O–H groups in total. The number of carboxylic acids is 1. The number of amides is 2. The fourth-order valence-electron chi connectivity index (χ4n) is 1.65. The lowest BCUT2D eigenvalue weighted by molar-refractivity contribution is 0.0690. The number of carbonyl (C=O) groups is 2. The van der Waals surface area contributed by atoms with E-state index in [-0.39, 0.29) is 11.7 Å². The van der Waals surface area contributed by atoms with Gasteiger partial charge < -0.3 is 15.3 Å². The lowest BCUT2D eigenvalue weighted by Crippen LogP contribution is -2.38. The summed E-state index contributed by atoms with van der Waals surface area (Å²) in [7, 11) is 1.71. The highest BCUT2D eigenvalue weighted by atomic mass is 32.1. The third-order valence-corrected chi connectivity index (χ3v) is 3.45. The summed E-state index contributed by atoms with van der Waals surface area (Å²) in [5.41, 5.74) is 0.968. The largest absolute Gasteiger partial charge is 0.476 e. The third kappa shape index (κ3) is 4.28. The minimum absolute atomic E-state index is 0.115. The molecule has 0 saturated carbocycles. The van der Waals surface area contributed by atoms with Crippen molar-refractivity contribution in [1.29, 1.82) is 0 Å². The van der Waals surface area contributed by atoms with Gasteiger partial charge in [-0.1, -0.05) is 5.21 Å². The van der Waals surface area contributed by atoms with Crippen LogP contribution in [-0.4, -0.2) is 50.6 Å². The van der Waals surface area contributed by atoms with Crippen LogP contribution in [-0.2, 0) is 13.1 Å². The second kappa shape index (κ2) is 6.84. The molecule has 0 aromatic carbocycles. The van der Waals surface area contributed by atoms with Crippen LogP contribution in [0.3, 0.4) is 0 Å². The summed E-state index contributed by atoms with van der Waals surface area (Å²) in [4.78, 5) is 24.1. The molecule has 0 aliphatic heterocycles. The molecular formula is C12H15N5O3S. The molecule has 21 heavy (non-hydrogen) atoms. The predicted octanol–water partition coefficient (Wildman–Crippen LogP) is 0.879. The number of hydrogen-bond acceptors (Lipinski definition) is 5. The maximum atomic E-state index is 11.9. The SMILES string of the molecule is CN(Cc1ccsc1)C(=O)NCCn1cc(C(=O)O)nn1. The monoisotopic (exact) mass is 309 g/mol. The van der Waals surface area contributed by atoms with E-state index in [0.717, 1.165) is 5.56 Å². The van der Waals surface area contributed by atoms with Crippen LogP contribution in [0, 0.1) is 0 Å². The lowest BCUT2D eigenvalue weighted by Gasteiger charge is -2.17. The van der Waals surface area contributed by atoms with E-state index in [2.05, 4.69) is 15.6 Å². The number of nitrogens with one attached hydrogen (secondary N) is 1. The van der Waals surface area contributed by atoms with E-state index < -0.39 is 5.97 Å². The minimum atomic E-state index is -1.12. The number of carboxylic acid groups (broad SMARTS) is 1. The Kier molecular flexibility index (Phi) is 4.88. The summed E-state index contributed by atoms with van der Waals surface area (Å²) in [6.07, 6.45) is 1.32. The van der Waals surface area contributed by atoms with Crippen LogP contribution in [0.1, 0.15) is 16.1 Å². The van der Waals surface area contributed by atoms with Crippen LogP contribution in [0.5, 0.6) is 0 Å². The van der Waals surface area contributed by atoms with E-state index in [0.29, 0.717) is 19.6 Å². The molecule has 0 fully saturated rings. The Morgan fingerprint density at radius 3 is 2.95 bits per heavy atom. The fraction of sp³-hybridized carbons (Fsp3) is 0.333. The van der Waals surface area contributed by atoms with Crippen molar-refractivity contribution in [3.63, 3.8) is 0 Å². The van der Waals surface area contributed by atoms with Gasteiger partial charge in [0.2, 0.25) is 0 Å². The van der Waals surface area contributed by atoms with Crippen LogP contribution in [0.25, 0.3) is 0 Å². The van der Waals surface area contributed by atoms with Crippen LogP contribution < -0.4 is 5.32 Å². The maximum absolute atomic E-state index is 11.9. The molecule has 8 nitrogen and oxygen atoms in total. The molecule has 0 aliphatic rings. The summed E-state index contributed by atoms with van der Waals surface area (Å²) in [5.74, 6) is -1.12. The molecule has 2 rings (SSSR count). The average Bonchev–Trinajstić information content (AvgIpc) is 3.09. The topological polar surface area (TPSA) is 100 Å². The summed E-state index contributed by atoms with van der Waals surface area (Å²) >= 11 is 1.59. The number of nitrogens with zero attached hydrogens (tertiary/aromatic N) is 4. The first-order valence-electron chi connectivity index (χ1n) is 6.19. The maximum Gasteiger partial charge on any atom is 0.358 e. The Bertz CT molecular complexity index is 610. The summed E-state index contributed by atoms with van der Waals surface area (Å²) in [6, 6.07) is 1.77. The highest BCUT2D eigenvalue weighted by Crippen LogP contribution is 2.08. The number of urea groups is 1. The lowest BCUT2D eigenvalue weighted by atomic mass is 10.3. The van der Waals surface area contributed by atoms with Crippen molar-refractivity contribution in [2.24, 2.45) is 0 Å². The number of thiophene rings is 1. The minimum Gasteiger partial charge on any atom is -0.476 e. The van der Waals surface area contributed by atoms with Crippen molar-refractivity contribution in [3.8, 4) is 0 Å². The highest BCUT2D eigenvalue weighted by Gasteiger charge is 2.10. The molecular weight excluding hydrogens is 294 g/mol. The van der Waals surface area contributed by atoms with Crippen molar-refractivity contribution in [3.05, 3.63) is 34.3 Å². The van der Waals surface area contributed by atoms with Crippen molar-refractivity contribution in [2.75, 3.05) is 13.6 Å². The second-order valence-electron chi connectivity index (χ2n) is 4.39. The van der Waals surface area contributed by atoms with Crippen LogP contribution >= 0.6 is 11.3 Å². The van der Waals surface area contributed by atoms with Gasteiger partial charge in [-0.3, -0.25) is 0 Å². The zero-order valence-corrected chi connectivity index (χ0v) is 12.2. The Morgan fingerprint density at radius 2 is 2.33 bits per heavy atom. The second-order valence-corrected chi connectivity index (χ2v) is 5.17. The van der Waals surface area contributed by atoms with E-state index >= 15 is 0 Å². The molecule has 0 unspecified atom stereocenters. The standard InChI is InChI=1S/C12H15N5O3S/c1-16(6-9-2-5-21-8-9)12(20)13-3-4-17-7-10(11(18)19)14-15-17/h2,5,7-8H,3-4,6H2,1H3,(H,13,20)(H,18,19). The van der Waals surface area contributed by atoms with Gasteiger partial charge in [0, 0.05) is 20.1 Å². The molecule has 0 spiro atoms. The van der Waals surface area contributed by atoms with Crippen LogP contribution in [0.2, 0.25) is 0 Å². The Balaban J connectivity index is 1.74. The van der Waals surface area contributed by atoms with Crippen LogP contribution in [0.4, 0.5) is 4.79 Å². The van der Waals surface area contributed by atoms with Gasteiger partial charge >= 0.3 is 12.0 Å². The number of rotatable bonds is 6. The quantitative estimate of drug-likeness (QED) is 0.825. The highest BCUT2D eigenvalue weighted by molar-refractivity contribution is 7.07. The average molecular weight is 309 g/mol. The molecule has 2 amide bonds. The van der Waals surface area contributed by atoms with Gasteiger partial charge in [0.1, 0.15) is 0 Å². The number of aromatic nitrogens is 3. The summed E-state index contributed by atoms with van der Waals surface area (Å²) in [6.45, 7) is 1.25. The molecule has 0 aliphatic carbocycles. The van der Waals surface area contributed by atoms with Crippen molar-refractivity contribution >= 4 is 23.3 Å². The van der Waals surface area contributed by atoms with Gasteiger partial charge in [-0.25, -0.2) is 14.3 Å². The molecule has 0 radical (unpaired) electrons. The molecule has 2 aromatic rings. The van der Waals surface area contributed by atoms with Crippen LogP contribution in [0.15, 0.2) is 23.0 Å². The van der Waals surface area contributed by atoms with E-state index in [1.807, 2.05) is 16.8 Å². The summed E-state index contributed by atoms with van der Waals surface area (Å²) < 4.78 is 1.38. The first-order chi connectivity index (χ1) is 10.1. The van der Waals surface area contributed by atoms with E-state index in [1.165, 1.54) is 10.9 Å². The predicted molar refractivity (Wildman–Crippen MR) is 76.2 cm³/mol. The summed E-state index contributed by atoms with van der Waals surface area (Å²) in [5, 5.41) is 22.6. The molecule has 9 heteroatoms. The van der Waals surface area contributed by atoms with E-state index in [9.17, 15) is 9.59 Å². The van der Waals surface area contributed by atoms with Gasteiger partial charge in [-0.05, 0) is 22.4 Å². The zero-order chi connectivity index (χ0) is 15.2. The third-order valence-electron chi connectivity index (χ3n) is 2.72. The van der Waals surface area contributed by atoms with Crippen molar-refractivity contribution in [2.45, 2.75) is 13.1 Å². The van der Waals surface area contributed by atoms with Crippen molar-refractivity contribution in [1.82, 2.24) is 25.2 Å². The van der Waals surface area contributed by atoms with Gasteiger partial charge in [-0.2, -0.15) is 11.3 Å². The zero-order valence-electron chi connectivity index (χ0n) is 11.4. The smallest absolute Gasteiger partial charge is 0.358 e. The molecule has 2 aromatic heterocycles. The molecule has 0 bridgehead atoms. The van der Waals surface area contributed by atoms with E-state index in [1.54, 1.807) is 23.3 Å². The molecule has 2 heterocycles. The van der Waals surface area contributed by atoms with Gasteiger partial charge in [-0.15, -0.1) is 5.10 Å². The molecule has 0 saturated heterocycles. The normalized spacial score (nSPS) is 10.3. The number of aromatic carboxylic acids is 1. The Hall–Kier alpha value is -2.42. The van der Waals surface area contributed by atoms with Crippen molar-refractivity contribution < 1.29 is 14.7 Å².